The average Bonchev–Trinajstić information content (AvgIpc) is 2.80. The van der Waals surface area contributed by atoms with Gasteiger partial charge < -0.3 is 14.8 Å². The Hall–Kier alpha value is -3.86. The second kappa shape index (κ2) is 11.4. The van der Waals surface area contributed by atoms with Crippen molar-refractivity contribution in [1.82, 2.24) is 10.7 Å². The number of carbonyl (C=O) groups excluding carboxylic acids is 2. The molecular weight excluding hydrogens is 396 g/mol. The second-order valence-electron chi connectivity index (χ2n) is 6.98. The van der Waals surface area contributed by atoms with E-state index in [0.29, 0.717) is 17.1 Å². The Kier molecular flexibility index (Phi) is 8.00. The summed E-state index contributed by atoms with van der Waals surface area (Å²) in [5, 5.41) is 15.0. The third-order valence-corrected chi connectivity index (χ3v) is 4.74. The summed E-state index contributed by atoms with van der Waals surface area (Å²) in [6, 6.07) is 14.8. The van der Waals surface area contributed by atoms with Crippen LogP contribution >= 0.6 is 0 Å². The van der Waals surface area contributed by atoms with E-state index in [2.05, 4.69) is 21.9 Å². The van der Waals surface area contributed by atoms with Crippen molar-refractivity contribution in [3.63, 3.8) is 0 Å². The molecule has 2 amide bonds. The number of hydrazone groups is 1. The molecule has 2 N–H and O–H groups in total. The number of benzene rings is 2. The zero-order valence-electron chi connectivity index (χ0n) is 17.1. The minimum absolute atomic E-state index is 0.0865. The van der Waals surface area contributed by atoms with Crippen molar-refractivity contribution in [2.75, 3.05) is 19.8 Å². The third kappa shape index (κ3) is 6.85. The van der Waals surface area contributed by atoms with Crippen LogP contribution in [-0.2, 0) is 22.4 Å². The number of nitriles is 1. The molecule has 0 fully saturated rings. The van der Waals surface area contributed by atoms with Gasteiger partial charge in [0.2, 0.25) is 0 Å². The lowest BCUT2D eigenvalue weighted by Gasteiger charge is -2.16. The van der Waals surface area contributed by atoms with Crippen molar-refractivity contribution in [3.8, 4) is 17.6 Å². The minimum atomic E-state index is -0.478. The van der Waals surface area contributed by atoms with Crippen molar-refractivity contribution in [2.45, 2.75) is 25.7 Å². The van der Waals surface area contributed by atoms with Crippen LogP contribution in [0, 0.1) is 11.3 Å². The Bertz CT molecular complexity index is 997. The van der Waals surface area contributed by atoms with Crippen LogP contribution < -0.4 is 20.2 Å². The molecule has 31 heavy (non-hydrogen) atoms. The lowest BCUT2D eigenvalue weighted by molar-refractivity contribution is -0.127. The Morgan fingerprint density at radius 2 is 1.87 bits per heavy atom. The smallest absolute Gasteiger partial charge is 0.259 e. The fourth-order valence-electron chi connectivity index (χ4n) is 3.22. The third-order valence-electron chi connectivity index (χ3n) is 4.74. The van der Waals surface area contributed by atoms with E-state index in [0.717, 1.165) is 12.8 Å². The minimum Gasteiger partial charge on any atom is -0.484 e. The lowest BCUT2D eigenvalue weighted by atomic mass is 9.92. The molecule has 3 rings (SSSR count). The summed E-state index contributed by atoms with van der Waals surface area (Å²) in [6.45, 7) is -0.480. The van der Waals surface area contributed by atoms with Crippen molar-refractivity contribution < 1.29 is 19.1 Å². The van der Waals surface area contributed by atoms with E-state index in [1.807, 2.05) is 18.2 Å². The van der Waals surface area contributed by atoms with Crippen LogP contribution in [0.1, 0.15) is 29.5 Å². The highest BCUT2D eigenvalue weighted by molar-refractivity contribution is 5.87. The first-order chi connectivity index (χ1) is 15.2. The van der Waals surface area contributed by atoms with Gasteiger partial charge in [0.1, 0.15) is 17.6 Å². The van der Waals surface area contributed by atoms with Gasteiger partial charge in [-0.1, -0.05) is 18.2 Å². The first-order valence-electron chi connectivity index (χ1n) is 10.1. The highest BCUT2D eigenvalue weighted by Gasteiger charge is 2.11. The van der Waals surface area contributed by atoms with Gasteiger partial charge in [0.05, 0.1) is 12.8 Å². The fraction of sp³-hybridized carbons (Fsp3) is 0.304. The SMILES string of the molecule is N#CCOc1ccccc1/C=N\NC(=O)CNC(=O)COc1ccc2c(c1)CCCC2. The van der Waals surface area contributed by atoms with Gasteiger partial charge in [0, 0.05) is 5.56 Å². The molecule has 0 heterocycles. The fourth-order valence-corrected chi connectivity index (χ4v) is 3.22. The van der Waals surface area contributed by atoms with Crippen LogP contribution in [0.3, 0.4) is 0 Å². The molecule has 0 saturated heterocycles. The maximum absolute atomic E-state index is 12.0. The number of rotatable bonds is 9. The first kappa shape index (κ1) is 21.8. The molecule has 0 atom stereocenters. The molecule has 0 aromatic heterocycles. The number of hydrogen-bond acceptors (Lipinski definition) is 6. The van der Waals surface area contributed by atoms with Crippen LogP contribution in [0.2, 0.25) is 0 Å². The predicted octanol–water partition coefficient (Wildman–Crippen LogP) is 2.11. The number of carbonyl (C=O) groups is 2. The highest BCUT2D eigenvalue weighted by atomic mass is 16.5. The Labute approximate surface area is 180 Å². The van der Waals surface area contributed by atoms with Crippen LogP contribution in [0.4, 0.5) is 0 Å². The van der Waals surface area contributed by atoms with Crippen molar-refractivity contribution >= 4 is 18.0 Å². The van der Waals surface area contributed by atoms with Gasteiger partial charge in [0.15, 0.2) is 13.2 Å². The van der Waals surface area contributed by atoms with Gasteiger partial charge in [-0.3, -0.25) is 9.59 Å². The number of aryl methyl sites for hydroxylation is 2. The average molecular weight is 420 g/mol. The summed E-state index contributed by atoms with van der Waals surface area (Å²) in [5.74, 6) is 0.262. The van der Waals surface area contributed by atoms with E-state index in [1.165, 1.54) is 30.2 Å². The topological polar surface area (TPSA) is 113 Å². The van der Waals surface area contributed by atoms with E-state index in [9.17, 15) is 9.59 Å². The molecule has 2 aromatic rings. The Morgan fingerprint density at radius 3 is 2.71 bits per heavy atom. The largest absolute Gasteiger partial charge is 0.484 e. The number of hydrogen-bond donors (Lipinski definition) is 2. The van der Waals surface area contributed by atoms with Crippen molar-refractivity contribution in [2.24, 2.45) is 5.10 Å². The van der Waals surface area contributed by atoms with Gasteiger partial charge in [-0.25, -0.2) is 5.43 Å². The van der Waals surface area contributed by atoms with E-state index in [1.54, 1.807) is 24.3 Å². The Morgan fingerprint density at radius 1 is 1.06 bits per heavy atom. The van der Waals surface area contributed by atoms with Crippen LogP contribution in [-0.4, -0.2) is 37.8 Å². The monoisotopic (exact) mass is 420 g/mol. The van der Waals surface area contributed by atoms with Crippen LogP contribution in [0.25, 0.3) is 0 Å². The normalized spacial score (nSPS) is 12.5. The molecule has 160 valence electrons. The molecule has 0 spiro atoms. The zero-order valence-corrected chi connectivity index (χ0v) is 17.1. The molecule has 0 bridgehead atoms. The molecule has 2 aromatic carbocycles. The van der Waals surface area contributed by atoms with Crippen LogP contribution in [0.15, 0.2) is 47.6 Å². The van der Waals surface area contributed by atoms with E-state index < -0.39 is 11.8 Å². The van der Waals surface area contributed by atoms with Crippen molar-refractivity contribution in [3.05, 3.63) is 59.2 Å². The van der Waals surface area contributed by atoms with Gasteiger partial charge in [0.25, 0.3) is 11.8 Å². The summed E-state index contributed by atoms with van der Waals surface area (Å²) in [5.41, 5.74) is 5.57. The van der Waals surface area contributed by atoms with E-state index >= 15 is 0 Å². The molecule has 0 aliphatic heterocycles. The molecule has 0 saturated carbocycles. The second-order valence-corrected chi connectivity index (χ2v) is 6.98. The number of nitrogens with one attached hydrogen (secondary N) is 2. The van der Waals surface area contributed by atoms with Gasteiger partial charge in [-0.15, -0.1) is 0 Å². The maximum Gasteiger partial charge on any atom is 0.259 e. The zero-order chi connectivity index (χ0) is 21.9. The Balaban J connectivity index is 1.39. The summed E-state index contributed by atoms with van der Waals surface area (Å²) in [6.07, 6.45) is 5.92. The lowest BCUT2D eigenvalue weighted by Crippen LogP contribution is -2.37. The van der Waals surface area contributed by atoms with Crippen molar-refractivity contribution in [1.29, 1.82) is 5.26 Å². The molecule has 0 radical (unpaired) electrons. The number of nitrogens with zero attached hydrogens (tertiary/aromatic N) is 2. The van der Waals surface area contributed by atoms with E-state index in [-0.39, 0.29) is 19.8 Å². The first-order valence-corrected chi connectivity index (χ1v) is 10.1. The molecule has 1 aliphatic rings. The molecule has 1 aliphatic carbocycles. The maximum atomic E-state index is 12.0. The molecule has 0 unspecified atom stereocenters. The molecule has 8 nitrogen and oxygen atoms in total. The van der Waals surface area contributed by atoms with Crippen LogP contribution in [0.5, 0.6) is 11.5 Å². The highest BCUT2D eigenvalue weighted by Crippen LogP contribution is 2.25. The standard InChI is InChI=1S/C23H24N4O4/c24-11-12-30-21-8-4-3-7-19(21)14-26-27-22(28)15-25-23(29)16-31-20-10-9-17-5-1-2-6-18(17)13-20/h3-4,7-10,13-14H,1-2,5-6,12,15-16H2,(H,25,29)(H,27,28)/b26-14-. The summed E-state index contributed by atoms with van der Waals surface area (Å²) in [4.78, 5) is 23.8. The quantitative estimate of drug-likeness (QED) is 0.477. The van der Waals surface area contributed by atoms with Gasteiger partial charge in [-0.2, -0.15) is 10.4 Å². The number of para-hydroxylation sites is 1. The number of amides is 2. The predicted molar refractivity (Wildman–Crippen MR) is 115 cm³/mol. The number of ether oxygens (including phenoxy) is 2. The van der Waals surface area contributed by atoms with Gasteiger partial charge >= 0.3 is 0 Å². The number of fused-ring (bicyclic) bond motifs is 1. The van der Waals surface area contributed by atoms with Gasteiger partial charge in [-0.05, 0) is 61.1 Å². The summed E-state index contributed by atoms with van der Waals surface area (Å²) in [7, 11) is 0. The summed E-state index contributed by atoms with van der Waals surface area (Å²) >= 11 is 0. The molecular formula is C23H24N4O4. The summed E-state index contributed by atoms with van der Waals surface area (Å²) < 4.78 is 10.8. The van der Waals surface area contributed by atoms with E-state index in [4.69, 9.17) is 14.7 Å². The molecule has 8 heteroatoms.